The van der Waals surface area contributed by atoms with E-state index in [4.69, 9.17) is 0 Å². The van der Waals surface area contributed by atoms with Gasteiger partial charge in [0.1, 0.15) is 5.82 Å². The fraction of sp³-hybridized carbons (Fsp3) is 0.571. The Morgan fingerprint density at radius 3 is 2.47 bits per heavy atom. The van der Waals surface area contributed by atoms with Crippen LogP contribution in [-0.2, 0) is 0 Å². The number of hydrogen-bond donors (Lipinski definition) is 3. The number of aliphatic hydroxyl groups is 3. The number of likely N-dealkylation sites (N-methyl/N-ethyl adjacent to an activating group) is 1. The Morgan fingerprint density at radius 1 is 1.32 bits per heavy atom. The van der Waals surface area contributed by atoms with Crippen LogP contribution >= 0.6 is 0 Å². The van der Waals surface area contributed by atoms with Gasteiger partial charge in [-0.15, -0.1) is 0 Å². The van der Waals surface area contributed by atoms with Crippen molar-refractivity contribution in [3.8, 4) is 0 Å². The lowest BCUT2D eigenvalue weighted by atomic mass is 9.92. The molecule has 0 saturated carbocycles. The van der Waals surface area contributed by atoms with Gasteiger partial charge < -0.3 is 20.2 Å². The van der Waals surface area contributed by atoms with Gasteiger partial charge in [-0.3, -0.25) is 0 Å². The zero-order chi connectivity index (χ0) is 14.5. The summed E-state index contributed by atoms with van der Waals surface area (Å²) in [6.07, 6.45) is -0.803. The van der Waals surface area contributed by atoms with E-state index in [0.717, 1.165) is 0 Å². The van der Waals surface area contributed by atoms with E-state index in [2.05, 4.69) is 0 Å². The summed E-state index contributed by atoms with van der Waals surface area (Å²) in [6.45, 7) is 2.23. The Labute approximate surface area is 113 Å². The van der Waals surface area contributed by atoms with Crippen LogP contribution in [0.5, 0.6) is 0 Å². The van der Waals surface area contributed by atoms with Gasteiger partial charge in [-0.05, 0) is 24.7 Å². The molecule has 0 aromatic heterocycles. The number of benzene rings is 1. The Morgan fingerprint density at radius 2 is 1.95 bits per heavy atom. The maximum Gasteiger partial charge on any atom is 0.123 e. The molecule has 1 aromatic rings. The molecule has 1 aromatic carbocycles. The third kappa shape index (κ3) is 4.87. The minimum absolute atomic E-state index is 0.135. The molecule has 0 aliphatic carbocycles. The molecule has 1 atom stereocenters. The van der Waals surface area contributed by atoms with Gasteiger partial charge in [0, 0.05) is 18.5 Å². The van der Waals surface area contributed by atoms with Crippen LogP contribution in [0.15, 0.2) is 24.3 Å². The molecule has 3 N–H and O–H groups in total. The van der Waals surface area contributed by atoms with Gasteiger partial charge in [-0.2, -0.15) is 0 Å². The molecule has 0 saturated heterocycles. The molecule has 108 valence electrons. The van der Waals surface area contributed by atoms with Crippen LogP contribution in [0.3, 0.4) is 0 Å². The first-order valence-corrected chi connectivity index (χ1v) is 6.24. The maximum absolute atomic E-state index is 13.1. The van der Waals surface area contributed by atoms with Crippen molar-refractivity contribution in [2.45, 2.75) is 13.0 Å². The summed E-state index contributed by atoms with van der Waals surface area (Å²) in [5.74, 6) is -0.380. The predicted octanol–water partition coefficient (Wildman–Crippen LogP) is 0.782. The van der Waals surface area contributed by atoms with Crippen molar-refractivity contribution in [1.82, 2.24) is 4.90 Å². The second kappa shape index (κ2) is 6.96. The van der Waals surface area contributed by atoms with Crippen molar-refractivity contribution < 1.29 is 19.7 Å². The molecule has 1 unspecified atom stereocenters. The standard InChI is InChI=1S/C14H22FNO3/c1-14(9-17,10-18)8-16(2)7-13(19)11-4-3-5-12(15)6-11/h3-6,13,17-19H,7-10H2,1-2H3. The first-order chi connectivity index (χ1) is 8.90. The fourth-order valence-corrected chi connectivity index (χ4v) is 1.98. The summed E-state index contributed by atoms with van der Waals surface area (Å²) in [6, 6.07) is 5.85. The Bertz CT molecular complexity index is 396. The smallest absolute Gasteiger partial charge is 0.123 e. The summed E-state index contributed by atoms with van der Waals surface area (Å²) in [5, 5.41) is 28.5. The van der Waals surface area contributed by atoms with Crippen molar-refractivity contribution in [1.29, 1.82) is 0 Å². The van der Waals surface area contributed by atoms with Crippen LogP contribution in [0.2, 0.25) is 0 Å². The van der Waals surface area contributed by atoms with Crippen molar-refractivity contribution in [2.75, 3.05) is 33.4 Å². The lowest BCUT2D eigenvalue weighted by molar-refractivity contribution is 0.0280. The fourth-order valence-electron chi connectivity index (χ4n) is 1.98. The van der Waals surface area contributed by atoms with Gasteiger partial charge in [0.25, 0.3) is 0 Å². The molecule has 0 fully saturated rings. The SMILES string of the molecule is CN(CC(O)c1cccc(F)c1)CC(C)(CO)CO. The van der Waals surface area contributed by atoms with Crippen molar-refractivity contribution in [2.24, 2.45) is 5.41 Å². The highest BCUT2D eigenvalue weighted by molar-refractivity contribution is 5.18. The summed E-state index contributed by atoms with van der Waals surface area (Å²) < 4.78 is 13.1. The molecule has 0 aliphatic heterocycles. The van der Waals surface area contributed by atoms with Gasteiger partial charge >= 0.3 is 0 Å². The van der Waals surface area contributed by atoms with Gasteiger partial charge in [0.05, 0.1) is 19.3 Å². The zero-order valence-corrected chi connectivity index (χ0v) is 11.4. The van der Waals surface area contributed by atoms with E-state index in [1.807, 2.05) is 4.90 Å². The van der Waals surface area contributed by atoms with E-state index < -0.39 is 11.5 Å². The Hall–Kier alpha value is -1.01. The summed E-state index contributed by atoms with van der Waals surface area (Å²) in [4.78, 5) is 1.81. The van der Waals surface area contributed by atoms with Crippen molar-refractivity contribution in [3.63, 3.8) is 0 Å². The lowest BCUT2D eigenvalue weighted by Crippen LogP contribution is -2.40. The highest BCUT2D eigenvalue weighted by atomic mass is 19.1. The maximum atomic E-state index is 13.1. The molecule has 0 bridgehead atoms. The molecule has 19 heavy (non-hydrogen) atoms. The molecular formula is C14H22FNO3. The lowest BCUT2D eigenvalue weighted by Gasteiger charge is -2.31. The van der Waals surface area contributed by atoms with Gasteiger partial charge in [-0.25, -0.2) is 4.39 Å². The van der Waals surface area contributed by atoms with E-state index >= 15 is 0 Å². The summed E-state index contributed by atoms with van der Waals surface area (Å²) in [7, 11) is 1.78. The monoisotopic (exact) mass is 271 g/mol. The molecular weight excluding hydrogens is 249 g/mol. The van der Waals surface area contributed by atoms with Crippen LogP contribution in [0, 0.1) is 11.2 Å². The minimum atomic E-state index is -0.803. The Kier molecular flexibility index (Phi) is 5.87. The molecule has 0 amide bonds. The normalized spacial score (nSPS) is 13.8. The first kappa shape index (κ1) is 16.0. The van der Waals surface area contributed by atoms with Crippen LogP contribution in [0.4, 0.5) is 4.39 Å². The second-order valence-corrected chi connectivity index (χ2v) is 5.39. The molecule has 1 rings (SSSR count). The van der Waals surface area contributed by atoms with Gasteiger partial charge in [-0.1, -0.05) is 19.1 Å². The highest BCUT2D eigenvalue weighted by Gasteiger charge is 2.25. The van der Waals surface area contributed by atoms with Crippen LogP contribution in [0.25, 0.3) is 0 Å². The average Bonchev–Trinajstić information content (AvgIpc) is 2.38. The molecule has 0 spiro atoms. The predicted molar refractivity (Wildman–Crippen MR) is 71.1 cm³/mol. The molecule has 0 heterocycles. The quantitative estimate of drug-likeness (QED) is 0.686. The van der Waals surface area contributed by atoms with Crippen molar-refractivity contribution in [3.05, 3.63) is 35.6 Å². The third-order valence-corrected chi connectivity index (χ3v) is 3.13. The van der Waals surface area contributed by atoms with Crippen LogP contribution in [0.1, 0.15) is 18.6 Å². The van der Waals surface area contributed by atoms with Gasteiger partial charge in [0.2, 0.25) is 0 Å². The van der Waals surface area contributed by atoms with Crippen molar-refractivity contribution >= 4 is 0 Å². The first-order valence-electron chi connectivity index (χ1n) is 6.24. The largest absolute Gasteiger partial charge is 0.396 e. The van der Waals surface area contributed by atoms with E-state index in [-0.39, 0.29) is 19.0 Å². The second-order valence-electron chi connectivity index (χ2n) is 5.39. The van der Waals surface area contributed by atoms with E-state index in [0.29, 0.717) is 18.7 Å². The third-order valence-electron chi connectivity index (χ3n) is 3.13. The zero-order valence-electron chi connectivity index (χ0n) is 11.4. The molecule has 0 radical (unpaired) electrons. The number of rotatable bonds is 7. The Balaban J connectivity index is 2.59. The molecule has 4 nitrogen and oxygen atoms in total. The number of hydrogen-bond acceptors (Lipinski definition) is 4. The number of halogens is 1. The number of nitrogens with zero attached hydrogens (tertiary/aromatic N) is 1. The average molecular weight is 271 g/mol. The summed E-state index contributed by atoms with van der Waals surface area (Å²) in [5.41, 5.74) is -0.0994. The minimum Gasteiger partial charge on any atom is -0.396 e. The van der Waals surface area contributed by atoms with Crippen LogP contribution in [-0.4, -0.2) is 53.6 Å². The topological polar surface area (TPSA) is 63.9 Å². The van der Waals surface area contributed by atoms with E-state index in [1.54, 1.807) is 26.1 Å². The number of aliphatic hydroxyl groups excluding tert-OH is 3. The van der Waals surface area contributed by atoms with Gasteiger partial charge in [0.15, 0.2) is 0 Å². The highest BCUT2D eigenvalue weighted by Crippen LogP contribution is 2.19. The molecule has 0 aliphatic rings. The molecule has 5 heteroatoms. The van der Waals surface area contributed by atoms with Crippen LogP contribution < -0.4 is 0 Å². The summed E-state index contributed by atoms with van der Waals surface area (Å²) >= 11 is 0. The van der Waals surface area contributed by atoms with E-state index in [1.165, 1.54) is 12.1 Å². The van der Waals surface area contributed by atoms with E-state index in [9.17, 15) is 19.7 Å².